The van der Waals surface area contributed by atoms with Crippen molar-refractivity contribution in [2.75, 3.05) is 0 Å². The van der Waals surface area contributed by atoms with Crippen LogP contribution in [-0.2, 0) is 0 Å². The molecular weight excluding hydrogens is 331 g/mol. The molecule has 4 atom stereocenters. The molecule has 0 aliphatic heterocycles. The molecule has 1 heteroatoms. The third-order valence-corrected chi connectivity index (χ3v) is 8.98. The van der Waals surface area contributed by atoms with Crippen molar-refractivity contribution in [3.8, 4) is 0 Å². The zero-order valence-electron chi connectivity index (χ0n) is 15.6. The van der Waals surface area contributed by atoms with E-state index in [0.717, 1.165) is 11.8 Å². The van der Waals surface area contributed by atoms with Crippen molar-refractivity contribution in [1.29, 1.82) is 0 Å². The monoisotopic (exact) mass is 358 g/mol. The van der Waals surface area contributed by atoms with Crippen molar-refractivity contribution in [3.05, 3.63) is 96.6 Å². The van der Waals surface area contributed by atoms with E-state index < -0.39 is 0 Å². The summed E-state index contributed by atoms with van der Waals surface area (Å²) in [5.74, 6) is 2.13. The molecular formula is C25H27P. The molecule has 0 heterocycles. The van der Waals surface area contributed by atoms with Crippen LogP contribution < -0.4 is 10.6 Å². The van der Waals surface area contributed by atoms with Crippen molar-refractivity contribution in [3.63, 3.8) is 0 Å². The second-order valence-corrected chi connectivity index (χ2v) is 10.1. The quantitative estimate of drug-likeness (QED) is 0.506. The van der Waals surface area contributed by atoms with Gasteiger partial charge in [-0.05, 0) is 53.9 Å². The van der Waals surface area contributed by atoms with E-state index in [0.29, 0.717) is 11.6 Å². The zero-order chi connectivity index (χ0) is 17.9. The summed E-state index contributed by atoms with van der Waals surface area (Å²) in [6.45, 7) is 4.91. The summed E-state index contributed by atoms with van der Waals surface area (Å²) in [7, 11) is -0.368. The Morgan fingerprint density at radius 3 is 1.62 bits per heavy atom. The van der Waals surface area contributed by atoms with Crippen LogP contribution in [0.4, 0.5) is 0 Å². The third kappa shape index (κ3) is 3.36. The first-order valence-corrected chi connectivity index (χ1v) is 11.1. The minimum absolute atomic E-state index is 0.368. The largest absolute Gasteiger partial charge is 0.0622 e. The van der Waals surface area contributed by atoms with Gasteiger partial charge in [0, 0.05) is 0 Å². The zero-order valence-corrected chi connectivity index (χ0v) is 16.5. The Kier molecular flexibility index (Phi) is 5.23. The smallest absolute Gasteiger partial charge is 0.00547 e. The predicted octanol–water partition coefficient (Wildman–Crippen LogP) is 5.95. The van der Waals surface area contributed by atoms with Gasteiger partial charge >= 0.3 is 0 Å². The maximum absolute atomic E-state index is 2.46. The number of hydrogen-bond acceptors (Lipinski definition) is 0. The molecule has 0 bridgehead atoms. The molecule has 3 aromatic rings. The van der Waals surface area contributed by atoms with E-state index in [2.05, 4.69) is 105 Å². The van der Waals surface area contributed by atoms with Crippen LogP contribution in [0.2, 0.25) is 0 Å². The Morgan fingerprint density at radius 2 is 1.12 bits per heavy atom. The van der Waals surface area contributed by atoms with Gasteiger partial charge < -0.3 is 0 Å². The van der Waals surface area contributed by atoms with Crippen molar-refractivity contribution in [2.24, 2.45) is 11.8 Å². The third-order valence-electron chi connectivity index (χ3n) is 6.08. The molecule has 2 unspecified atom stereocenters. The lowest BCUT2D eigenvalue weighted by Crippen LogP contribution is -2.25. The summed E-state index contributed by atoms with van der Waals surface area (Å²) < 4.78 is 0. The van der Waals surface area contributed by atoms with Gasteiger partial charge in [0.1, 0.15) is 0 Å². The minimum Gasteiger partial charge on any atom is -0.0622 e. The fourth-order valence-electron chi connectivity index (χ4n) is 4.62. The van der Waals surface area contributed by atoms with Crippen molar-refractivity contribution in [1.82, 2.24) is 0 Å². The molecule has 0 spiro atoms. The van der Waals surface area contributed by atoms with E-state index >= 15 is 0 Å². The normalized spacial score (nSPS) is 25.5. The SMILES string of the molecule is CC1C(c2ccccc2)[C@@H](P(c2ccccc2)c2ccccc2)C[C@H]1C. The van der Waals surface area contributed by atoms with E-state index in [4.69, 9.17) is 0 Å². The van der Waals surface area contributed by atoms with E-state index in [-0.39, 0.29) is 7.92 Å². The minimum atomic E-state index is -0.368. The lowest BCUT2D eigenvalue weighted by atomic mass is 9.87. The molecule has 1 saturated carbocycles. The van der Waals surface area contributed by atoms with E-state index in [1.54, 1.807) is 0 Å². The van der Waals surface area contributed by atoms with Crippen molar-refractivity contribution in [2.45, 2.75) is 31.8 Å². The Bertz CT molecular complexity index is 773. The van der Waals surface area contributed by atoms with Crippen molar-refractivity contribution >= 4 is 18.5 Å². The summed E-state index contributed by atoms with van der Waals surface area (Å²) in [6.07, 6.45) is 1.32. The van der Waals surface area contributed by atoms with Crippen LogP contribution >= 0.6 is 7.92 Å². The lowest BCUT2D eigenvalue weighted by molar-refractivity contribution is 0.423. The van der Waals surface area contributed by atoms with Gasteiger partial charge in [-0.2, -0.15) is 0 Å². The van der Waals surface area contributed by atoms with Crippen LogP contribution in [-0.4, -0.2) is 5.66 Å². The highest BCUT2D eigenvalue weighted by molar-refractivity contribution is 7.73. The van der Waals surface area contributed by atoms with Gasteiger partial charge in [-0.1, -0.05) is 105 Å². The highest BCUT2D eigenvalue weighted by Gasteiger charge is 2.43. The summed E-state index contributed by atoms with van der Waals surface area (Å²) in [5, 5.41) is 3.03. The molecule has 0 radical (unpaired) electrons. The predicted molar refractivity (Wildman–Crippen MR) is 115 cm³/mol. The Labute approximate surface area is 159 Å². The fourth-order valence-corrected chi connectivity index (χ4v) is 7.98. The van der Waals surface area contributed by atoms with Gasteiger partial charge in [0.2, 0.25) is 0 Å². The Morgan fingerprint density at radius 1 is 0.654 bits per heavy atom. The van der Waals surface area contributed by atoms with Crippen LogP contribution in [0.3, 0.4) is 0 Å². The standard InChI is InChI=1S/C25H27P/c1-19-18-24(25(20(19)2)21-12-6-3-7-13-21)26(22-14-8-4-9-15-22)23-16-10-5-11-17-23/h3-17,19-20,24-25H,18H2,1-2H3/t19-,20?,24+,25?/m1/s1. The molecule has 26 heavy (non-hydrogen) atoms. The lowest BCUT2D eigenvalue weighted by Gasteiger charge is -2.32. The summed E-state index contributed by atoms with van der Waals surface area (Å²) in [4.78, 5) is 0. The summed E-state index contributed by atoms with van der Waals surface area (Å²) in [6, 6.07) is 33.7. The molecule has 1 aliphatic carbocycles. The fraction of sp³-hybridized carbons (Fsp3) is 0.280. The average Bonchev–Trinajstić information content (AvgIpc) is 2.99. The van der Waals surface area contributed by atoms with Crippen LogP contribution in [0.15, 0.2) is 91.0 Å². The highest BCUT2D eigenvalue weighted by Crippen LogP contribution is 2.57. The average molecular weight is 358 g/mol. The Balaban J connectivity index is 1.81. The van der Waals surface area contributed by atoms with Gasteiger partial charge in [-0.3, -0.25) is 0 Å². The van der Waals surface area contributed by atoms with E-state index in [1.807, 2.05) is 0 Å². The molecule has 1 fully saturated rings. The van der Waals surface area contributed by atoms with Gasteiger partial charge in [-0.15, -0.1) is 0 Å². The first-order chi connectivity index (χ1) is 12.8. The second kappa shape index (κ2) is 7.77. The van der Waals surface area contributed by atoms with E-state index in [1.165, 1.54) is 22.6 Å². The Hall–Kier alpha value is -1.91. The molecule has 1 aliphatic rings. The topological polar surface area (TPSA) is 0 Å². The van der Waals surface area contributed by atoms with E-state index in [9.17, 15) is 0 Å². The van der Waals surface area contributed by atoms with Gasteiger partial charge in [0.25, 0.3) is 0 Å². The second-order valence-electron chi connectivity index (χ2n) is 7.62. The van der Waals surface area contributed by atoms with Gasteiger partial charge in [-0.25, -0.2) is 0 Å². The first kappa shape index (κ1) is 17.5. The van der Waals surface area contributed by atoms with Crippen LogP contribution in [0.1, 0.15) is 31.7 Å². The number of benzene rings is 3. The molecule has 132 valence electrons. The molecule has 4 rings (SSSR count). The van der Waals surface area contributed by atoms with Crippen LogP contribution in [0.5, 0.6) is 0 Å². The summed E-state index contributed by atoms with van der Waals surface area (Å²) >= 11 is 0. The molecule has 0 nitrogen and oxygen atoms in total. The van der Waals surface area contributed by atoms with Gasteiger partial charge in [0.15, 0.2) is 0 Å². The maximum Gasteiger partial charge on any atom is -0.00547 e. The molecule has 0 N–H and O–H groups in total. The molecule has 0 amide bonds. The molecule has 0 saturated heterocycles. The van der Waals surface area contributed by atoms with Crippen molar-refractivity contribution < 1.29 is 0 Å². The van der Waals surface area contributed by atoms with Crippen LogP contribution in [0, 0.1) is 11.8 Å². The highest BCUT2D eigenvalue weighted by atomic mass is 31.1. The van der Waals surface area contributed by atoms with Gasteiger partial charge in [0.05, 0.1) is 0 Å². The van der Waals surface area contributed by atoms with Crippen LogP contribution in [0.25, 0.3) is 0 Å². The number of hydrogen-bond donors (Lipinski definition) is 0. The number of rotatable bonds is 4. The molecule has 0 aromatic heterocycles. The first-order valence-electron chi connectivity index (χ1n) is 9.70. The molecule has 3 aromatic carbocycles. The maximum atomic E-state index is 2.46. The summed E-state index contributed by atoms with van der Waals surface area (Å²) in [5.41, 5.74) is 2.22.